The highest BCUT2D eigenvalue weighted by Crippen LogP contribution is 2.45. The number of esters is 4. The van der Waals surface area contributed by atoms with Crippen LogP contribution in [0.25, 0.3) is 0 Å². The van der Waals surface area contributed by atoms with Crippen LogP contribution in [-0.2, 0) is 38.1 Å². The van der Waals surface area contributed by atoms with E-state index in [9.17, 15) is 19.2 Å². The Kier molecular flexibility index (Phi) is 11.0. The lowest BCUT2D eigenvalue weighted by atomic mass is 10.1. The number of hydrogen-bond acceptors (Lipinski definition) is 8. The second kappa shape index (κ2) is 13.4. The number of carbonyl (C=O) groups is 4. The standard InChI is InChI=1S/C27H40O8/c1-16-13-22-8-7-17(2)25(27(22)26(14-16)35-21(6)31)10-9-23(33-19(4)29)15-24(34-20(5)30)11-12-32-18(3)28/h7-8,13,16-17,23-27H,9-12,14-15H2,1-6H3/t16-,17-,23+,24+,25-,26-,27-/m0/s1/i8+1,10+1,12+1,13+1,14+1,17+1,23+1,24+1,27+1,32+2,33+2,34+2. The average molecular weight is 508 g/mol. The molecule has 0 unspecified atom stereocenters. The van der Waals surface area contributed by atoms with Crippen molar-refractivity contribution in [1.82, 2.24) is 0 Å². The van der Waals surface area contributed by atoms with E-state index in [0.29, 0.717) is 25.2 Å². The number of carbonyl (C=O) groups excluding carboxylic acids is 4. The third-order valence-corrected chi connectivity index (χ3v) is 6.67. The summed E-state index contributed by atoms with van der Waals surface area (Å²) >= 11 is 0. The van der Waals surface area contributed by atoms with Gasteiger partial charge in [-0.3, -0.25) is 19.2 Å². The summed E-state index contributed by atoms with van der Waals surface area (Å²) in [5, 5.41) is 0. The summed E-state index contributed by atoms with van der Waals surface area (Å²) < 4.78 is 21.8. The maximum Gasteiger partial charge on any atom is 0.302 e. The normalized spacial score (nSPS) is 27.0. The molecule has 0 radical (unpaired) electrons. The minimum Gasteiger partial charge on any atom is -0.466 e. The zero-order chi connectivity index (χ0) is 26.1. The van der Waals surface area contributed by atoms with Crippen LogP contribution in [0.1, 0.15) is 73.6 Å². The molecule has 0 aromatic heterocycles. The molecule has 0 fully saturated rings. The van der Waals surface area contributed by atoms with Crippen molar-refractivity contribution in [3.8, 4) is 0 Å². The summed E-state index contributed by atoms with van der Waals surface area (Å²) in [6.07, 6.45) is 8.13. The molecule has 7 atom stereocenters. The van der Waals surface area contributed by atoms with Crippen molar-refractivity contribution in [2.45, 2.75) is 92.0 Å². The first kappa shape index (κ1) is 28.6. The molecule has 0 saturated carbocycles. The first-order chi connectivity index (χ1) is 16.5. The van der Waals surface area contributed by atoms with Crippen LogP contribution in [0.15, 0.2) is 23.8 Å². The number of allylic oxidation sites excluding steroid dienone is 3. The zero-order valence-corrected chi connectivity index (χ0v) is 21.8. The third-order valence-electron chi connectivity index (χ3n) is 6.67. The number of ether oxygens (including phenoxy) is 4. The number of rotatable bonds is 11. The molecule has 0 aromatic rings. The summed E-state index contributed by atoms with van der Waals surface area (Å²) in [7, 11) is 0. The van der Waals surface area contributed by atoms with Gasteiger partial charge in [0, 0.05) is 46.5 Å². The second-order valence-electron chi connectivity index (χ2n) is 9.84. The lowest BCUT2D eigenvalue weighted by Crippen LogP contribution is -2.41. The van der Waals surface area contributed by atoms with Crippen LogP contribution < -0.4 is 0 Å². The van der Waals surface area contributed by atoms with E-state index in [2.05, 4.69) is 32.1 Å². The number of hydrogen-bond donors (Lipinski definition) is 0. The van der Waals surface area contributed by atoms with Gasteiger partial charge >= 0.3 is 23.9 Å². The molecule has 0 spiro atoms. The van der Waals surface area contributed by atoms with Gasteiger partial charge in [-0.1, -0.05) is 32.1 Å². The Balaban J connectivity index is 2.15. The van der Waals surface area contributed by atoms with Crippen molar-refractivity contribution in [3.63, 3.8) is 0 Å². The molecule has 2 aliphatic rings. The molecule has 8 heteroatoms. The van der Waals surface area contributed by atoms with Gasteiger partial charge in [0.15, 0.2) is 0 Å². The van der Waals surface area contributed by atoms with Crippen molar-refractivity contribution in [3.05, 3.63) is 23.8 Å². The Labute approximate surface area is 208 Å². The van der Waals surface area contributed by atoms with E-state index < -0.39 is 30.1 Å². The Morgan fingerprint density at radius 2 is 1.60 bits per heavy atom. The molecule has 8 nitrogen and oxygen atoms in total. The molecular weight excluding hydrogens is 467 g/mol. The smallest absolute Gasteiger partial charge is 0.302 e. The topological polar surface area (TPSA) is 105 Å². The van der Waals surface area contributed by atoms with E-state index in [1.807, 2.05) is 0 Å². The Morgan fingerprint density at radius 1 is 0.971 bits per heavy atom. The van der Waals surface area contributed by atoms with Gasteiger partial charge in [-0.25, -0.2) is 0 Å². The summed E-state index contributed by atoms with van der Waals surface area (Å²) in [5.41, 5.74) is 1.20. The predicted molar refractivity (Wildman–Crippen MR) is 129 cm³/mol. The van der Waals surface area contributed by atoms with Gasteiger partial charge in [-0.05, 0) is 42.6 Å². The van der Waals surface area contributed by atoms with Crippen molar-refractivity contribution in [1.29, 1.82) is 0 Å². The molecule has 0 N–H and O–H groups in total. The third kappa shape index (κ3) is 9.49. The molecule has 0 amide bonds. The van der Waals surface area contributed by atoms with Crippen LogP contribution in [0.5, 0.6) is 0 Å². The largest absolute Gasteiger partial charge is 0.466 e. The maximum absolute atomic E-state index is 11.8. The van der Waals surface area contributed by atoms with Crippen molar-refractivity contribution in [2.24, 2.45) is 23.7 Å². The summed E-state index contributed by atoms with van der Waals surface area (Å²) in [6, 6.07) is 0. The van der Waals surface area contributed by atoms with Crippen molar-refractivity contribution < 1.29 is 38.1 Å². The molecule has 0 aliphatic heterocycles. The minimum atomic E-state index is -0.542. The molecule has 2 aliphatic carbocycles. The zero-order valence-electron chi connectivity index (χ0n) is 21.8. The fraction of sp³-hybridized carbons (Fsp3) is 0.704. The summed E-state index contributed by atoms with van der Waals surface area (Å²) in [4.78, 5) is 46.4. The molecule has 0 aromatic carbocycles. The van der Waals surface area contributed by atoms with Crippen molar-refractivity contribution in [2.75, 3.05) is 6.61 Å². The van der Waals surface area contributed by atoms with E-state index in [1.165, 1.54) is 33.3 Å². The van der Waals surface area contributed by atoms with Crippen LogP contribution in [-0.4, -0.2) is 48.8 Å². The second-order valence-corrected chi connectivity index (χ2v) is 9.84. The molecule has 196 valence electrons. The summed E-state index contributed by atoms with van der Waals surface area (Å²) in [6.45, 7) is 9.84. The van der Waals surface area contributed by atoms with Crippen LogP contribution >= 0.6 is 0 Å². The highest BCUT2D eigenvalue weighted by Gasteiger charge is 2.41. The summed E-state index contributed by atoms with van der Waals surface area (Å²) in [5.74, 6) is -0.668. The van der Waals surface area contributed by atoms with Gasteiger partial charge in [0.2, 0.25) is 0 Å². The monoisotopic (exact) mass is 507 g/mol. The average Bonchev–Trinajstić information content (AvgIpc) is 2.71. The lowest BCUT2D eigenvalue weighted by molar-refractivity contribution is -0.156. The first-order valence-electron chi connectivity index (χ1n) is 12.5. The van der Waals surface area contributed by atoms with Crippen LogP contribution in [0.3, 0.4) is 0 Å². The van der Waals surface area contributed by atoms with Crippen LogP contribution in [0, 0.1) is 23.7 Å². The Morgan fingerprint density at radius 3 is 2.17 bits per heavy atom. The quantitative estimate of drug-likeness (QED) is 0.176. The molecule has 0 saturated heterocycles. The van der Waals surface area contributed by atoms with Crippen LogP contribution in [0.4, 0.5) is 0 Å². The molecule has 0 heterocycles. The van der Waals surface area contributed by atoms with Crippen molar-refractivity contribution >= 4 is 23.9 Å². The Hall–Kier alpha value is -2.64. The van der Waals surface area contributed by atoms with E-state index >= 15 is 0 Å². The molecular formula is C27H40O8. The van der Waals surface area contributed by atoms with Crippen LogP contribution in [0.2, 0.25) is 0 Å². The van der Waals surface area contributed by atoms with Gasteiger partial charge in [-0.2, -0.15) is 0 Å². The van der Waals surface area contributed by atoms with Gasteiger partial charge < -0.3 is 18.9 Å². The minimum absolute atomic E-state index is 0.0845. The van der Waals surface area contributed by atoms with E-state index in [0.717, 1.165) is 12.8 Å². The van der Waals surface area contributed by atoms with E-state index in [1.54, 1.807) is 0 Å². The fourth-order valence-corrected chi connectivity index (χ4v) is 5.36. The van der Waals surface area contributed by atoms with E-state index in [-0.39, 0.29) is 36.4 Å². The molecule has 2 rings (SSSR count). The highest BCUT2D eigenvalue weighted by atomic mass is 18.4. The van der Waals surface area contributed by atoms with Gasteiger partial charge in [-0.15, -0.1) is 0 Å². The van der Waals surface area contributed by atoms with Gasteiger partial charge in [0.05, 0.1) is 6.61 Å². The van der Waals surface area contributed by atoms with E-state index in [4.69, 9.17) is 18.9 Å². The molecule has 0 bridgehead atoms. The lowest BCUT2D eigenvalue weighted by Gasteiger charge is -2.43. The van der Waals surface area contributed by atoms with Gasteiger partial charge in [0.25, 0.3) is 0 Å². The fourth-order valence-electron chi connectivity index (χ4n) is 5.36. The highest BCUT2D eigenvalue weighted by molar-refractivity contribution is 5.67. The Bertz CT molecular complexity index is 829. The predicted octanol–water partition coefficient (Wildman–Crippen LogP) is 4.31. The SMILES string of the molecule is CC(=O)O[C@H]1[13CH2][C@@H](C)[13CH]=C2[13CH]=C[13C@H](C)[C@H]([13CH2]C[13C@H](C[13C@@H](C[13CH2][18O]C(C)=O)[18O]C(C)=O)[18O]C(C)=O)[13C@H]21. The molecule has 35 heavy (non-hydrogen) atoms. The van der Waals surface area contributed by atoms with Gasteiger partial charge in [0.1, 0.15) is 18.3 Å². The first-order valence-corrected chi connectivity index (χ1v) is 12.5. The number of fused-ring (bicyclic) bond motifs is 1. The maximum atomic E-state index is 11.8.